The Morgan fingerprint density at radius 3 is 2.77 bits per heavy atom. The molecule has 0 spiro atoms. The molecule has 13 heavy (non-hydrogen) atoms. The Bertz CT molecular complexity index is 328. The third-order valence-electron chi connectivity index (χ3n) is 1.43. The summed E-state index contributed by atoms with van der Waals surface area (Å²) in [5.41, 5.74) is -0.0517. The van der Waals surface area contributed by atoms with Crippen molar-refractivity contribution >= 4 is 6.09 Å². The van der Waals surface area contributed by atoms with Crippen LogP contribution in [0.4, 0.5) is 13.6 Å². The fraction of sp³-hybridized carbons (Fsp3) is 0.125. The minimum atomic E-state index is -1.52. The van der Waals surface area contributed by atoms with E-state index < -0.39 is 17.7 Å². The third-order valence-corrected chi connectivity index (χ3v) is 1.43. The van der Waals surface area contributed by atoms with Gasteiger partial charge in [0.25, 0.3) is 0 Å². The lowest BCUT2D eigenvalue weighted by Crippen LogP contribution is -2.36. The predicted octanol–water partition coefficient (Wildman–Crippen LogP) is 0.398. The van der Waals surface area contributed by atoms with Crippen molar-refractivity contribution in [1.29, 1.82) is 0 Å². The summed E-state index contributed by atoms with van der Waals surface area (Å²) in [6.45, 7) is -0.300. The summed E-state index contributed by atoms with van der Waals surface area (Å²) >= 11 is 0. The molecule has 3 nitrogen and oxygen atoms in total. The van der Waals surface area contributed by atoms with E-state index >= 15 is 0 Å². The molecule has 1 amide bonds. The first-order chi connectivity index (χ1) is 6.09. The highest BCUT2D eigenvalue weighted by Crippen LogP contribution is 2.08. The Morgan fingerprint density at radius 2 is 2.15 bits per heavy atom. The second-order valence-electron chi connectivity index (χ2n) is 2.38. The van der Waals surface area contributed by atoms with Gasteiger partial charge < -0.3 is 15.2 Å². The lowest BCUT2D eigenvalue weighted by molar-refractivity contribution is -0.251. The maximum absolute atomic E-state index is 12.8. The molecule has 1 rings (SSSR count). The highest BCUT2D eigenvalue weighted by molar-refractivity contribution is 5.61. The average molecular weight is 186 g/mol. The van der Waals surface area contributed by atoms with Crippen molar-refractivity contribution in [2.45, 2.75) is 6.54 Å². The minimum absolute atomic E-state index is 0.0517. The summed E-state index contributed by atoms with van der Waals surface area (Å²) in [7, 11) is 0. The molecule has 0 fully saturated rings. The van der Waals surface area contributed by atoms with Crippen LogP contribution in [0.15, 0.2) is 18.2 Å². The molecule has 70 valence electrons. The zero-order valence-corrected chi connectivity index (χ0v) is 6.51. The first-order valence-corrected chi connectivity index (χ1v) is 3.48. The summed E-state index contributed by atoms with van der Waals surface area (Å²) < 4.78 is 25.3. The number of nitrogens with one attached hydrogen (secondary N) is 1. The van der Waals surface area contributed by atoms with Gasteiger partial charge in [-0.15, -0.1) is 0 Å². The van der Waals surface area contributed by atoms with E-state index in [0.29, 0.717) is 0 Å². The molecule has 1 aromatic carbocycles. The van der Waals surface area contributed by atoms with Gasteiger partial charge in [-0.25, -0.2) is 8.78 Å². The van der Waals surface area contributed by atoms with Gasteiger partial charge in [0, 0.05) is 12.1 Å². The molecule has 5 heteroatoms. The largest absolute Gasteiger partial charge is 0.530 e. The Hall–Kier alpha value is -1.65. The quantitative estimate of drug-likeness (QED) is 0.726. The van der Waals surface area contributed by atoms with Gasteiger partial charge >= 0.3 is 0 Å². The second-order valence-corrected chi connectivity index (χ2v) is 2.38. The van der Waals surface area contributed by atoms with E-state index in [1.165, 1.54) is 0 Å². The molecule has 1 aromatic rings. The first-order valence-electron chi connectivity index (χ1n) is 3.48. The maximum Gasteiger partial charge on any atom is 0.134 e. The lowest BCUT2D eigenvalue weighted by atomic mass is 10.2. The summed E-state index contributed by atoms with van der Waals surface area (Å²) in [4.78, 5) is 9.93. The highest BCUT2D eigenvalue weighted by atomic mass is 19.1. The number of amides is 1. The molecule has 0 saturated heterocycles. The van der Waals surface area contributed by atoms with E-state index in [-0.39, 0.29) is 12.1 Å². The molecule has 0 aliphatic carbocycles. The Labute approximate surface area is 73.0 Å². The molecule has 0 unspecified atom stereocenters. The number of hydrogen-bond donors (Lipinski definition) is 1. The van der Waals surface area contributed by atoms with E-state index in [9.17, 15) is 18.7 Å². The van der Waals surface area contributed by atoms with Crippen molar-refractivity contribution in [3.63, 3.8) is 0 Å². The van der Waals surface area contributed by atoms with Crippen molar-refractivity contribution in [3.05, 3.63) is 35.4 Å². The number of benzene rings is 1. The topological polar surface area (TPSA) is 52.2 Å². The SMILES string of the molecule is O=C([O-])NCc1cc(F)ccc1F. The summed E-state index contributed by atoms with van der Waals surface area (Å²) in [5, 5.41) is 11.8. The molecule has 0 saturated carbocycles. The van der Waals surface area contributed by atoms with E-state index in [4.69, 9.17) is 0 Å². The Kier molecular flexibility index (Phi) is 2.79. The molecule has 0 bridgehead atoms. The smallest absolute Gasteiger partial charge is 0.134 e. The monoisotopic (exact) mass is 186 g/mol. The van der Waals surface area contributed by atoms with Gasteiger partial charge in [0.15, 0.2) is 0 Å². The molecule has 0 atom stereocenters. The van der Waals surface area contributed by atoms with Crippen LogP contribution in [0.5, 0.6) is 0 Å². The predicted molar refractivity (Wildman–Crippen MR) is 38.6 cm³/mol. The van der Waals surface area contributed by atoms with Gasteiger partial charge in [-0.2, -0.15) is 0 Å². The van der Waals surface area contributed by atoms with Crippen LogP contribution in [0.25, 0.3) is 0 Å². The molecule has 0 aromatic heterocycles. The molecule has 1 N–H and O–H groups in total. The fourth-order valence-electron chi connectivity index (χ4n) is 0.846. The van der Waals surface area contributed by atoms with Gasteiger partial charge in [-0.1, -0.05) is 0 Å². The molecular formula is C8H6F2NO2-. The van der Waals surface area contributed by atoms with Crippen LogP contribution in [0.2, 0.25) is 0 Å². The van der Waals surface area contributed by atoms with Crippen LogP contribution in [0.3, 0.4) is 0 Å². The second kappa shape index (κ2) is 3.84. The number of rotatable bonds is 2. The van der Waals surface area contributed by atoms with Crippen molar-refractivity contribution < 1.29 is 18.7 Å². The fourth-order valence-corrected chi connectivity index (χ4v) is 0.846. The van der Waals surface area contributed by atoms with Gasteiger partial charge in [0.1, 0.15) is 17.7 Å². The van der Waals surface area contributed by atoms with Crippen LogP contribution in [-0.2, 0) is 6.54 Å². The number of halogens is 2. The Morgan fingerprint density at radius 1 is 1.46 bits per heavy atom. The van der Waals surface area contributed by atoms with Gasteiger partial charge in [0.05, 0.1) is 0 Å². The van der Waals surface area contributed by atoms with Gasteiger partial charge in [-0.05, 0) is 18.2 Å². The Balaban J connectivity index is 2.75. The zero-order chi connectivity index (χ0) is 9.84. The van der Waals surface area contributed by atoms with Crippen LogP contribution >= 0.6 is 0 Å². The third kappa shape index (κ3) is 2.70. The van der Waals surface area contributed by atoms with Gasteiger partial charge in [0.2, 0.25) is 0 Å². The molecule has 0 radical (unpaired) electrons. The summed E-state index contributed by atoms with van der Waals surface area (Å²) in [6, 6.07) is 2.81. The number of carbonyl (C=O) groups is 1. The molecule has 0 aliphatic heterocycles. The normalized spacial score (nSPS) is 9.69. The van der Waals surface area contributed by atoms with Crippen molar-refractivity contribution in [2.75, 3.05) is 0 Å². The number of carbonyl (C=O) groups excluding carboxylic acids is 1. The van der Waals surface area contributed by atoms with E-state index in [1.54, 1.807) is 0 Å². The van der Waals surface area contributed by atoms with Crippen molar-refractivity contribution in [2.24, 2.45) is 0 Å². The van der Waals surface area contributed by atoms with E-state index in [1.807, 2.05) is 5.32 Å². The highest BCUT2D eigenvalue weighted by Gasteiger charge is 2.02. The lowest BCUT2D eigenvalue weighted by Gasteiger charge is -2.06. The van der Waals surface area contributed by atoms with E-state index in [0.717, 1.165) is 18.2 Å². The van der Waals surface area contributed by atoms with E-state index in [2.05, 4.69) is 0 Å². The van der Waals surface area contributed by atoms with Gasteiger partial charge in [-0.3, -0.25) is 0 Å². The molecule has 0 heterocycles. The van der Waals surface area contributed by atoms with Crippen LogP contribution in [0.1, 0.15) is 5.56 Å². The summed E-state index contributed by atoms with van der Waals surface area (Å²) in [5.74, 6) is -1.27. The maximum atomic E-state index is 12.8. The summed E-state index contributed by atoms with van der Waals surface area (Å²) in [6.07, 6.45) is -1.52. The molecular weight excluding hydrogens is 180 g/mol. The average Bonchev–Trinajstić information content (AvgIpc) is 2.06. The zero-order valence-electron chi connectivity index (χ0n) is 6.51. The molecule has 0 aliphatic rings. The van der Waals surface area contributed by atoms with Crippen LogP contribution < -0.4 is 10.4 Å². The van der Waals surface area contributed by atoms with Crippen molar-refractivity contribution in [1.82, 2.24) is 5.32 Å². The van der Waals surface area contributed by atoms with Crippen LogP contribution in [0, 0.1) is 11.6 Å². The minimum Gasteiger partial charge on any atom is -0.530 e. The number of hydrogen-bond acceptors (Lipinski definition) is 2. The standard InChI is InChI=1S/C8H7F2NO2/c9-6-1-2-7(10)5(3-6)4-11-8(12)13/h1-3,11H,4H2,(H,12,13)/p-1. The number of carboxylic acid groups (broad SMARTS) is 1. The van der Waals surface area contributed by atoms with Crippen molar-refractivity contribution in [3.8, 4) is 0 Å². The van der Waals surface area contributed by atoms with Crippen LogP contribution in [-0.4, -0.2) is 6.09 Å². The first kappa shape index (κ1) is 9.44.